The summed E-state index contributed by atoms with van der Waals surface area (Å²) in [6.07, 6.45) is 6.65. The second kappa shape index (κ2) is 6.57. The molecule has 0 saturated heterocycles. The summed E-state index contributed by atoms with van der Waals surface area (Å²) in [4.78, 5) is 2.43. The van der Waals surface area contributed by atoms with Crippen LogP contribution in [0, 0.1) is 0 Å². The van der Waals surface area contributed by atoms with Crippen molar-refractivity contribution in [2.24, 2.45) is 0 Å². The maximum atomic E-state index is 3.86. The lowest BCUT2D eigenvalue weighted by atomic mass is 9.77. The summed E-state index contributed by atoms with van der Waals surface area (Å²) in [5.74, 6) is 1.58. The fourth-order valence-electron chi connectivity index (χ4n) is 4.23. The smallest absolute Gasteiger partial charge is 0.0249 e. The summed E-state index contributed by atoms with van der Waals surface area (Å²) in [6.45, 7) is 6.85. The van der Waals surface area contributed by atoms with Gasteiger partial charge in [0.05, 0.1) is 0 Å². The Morgan fingerprint density at radius 2 is 1.57 bits per heavy atom. The molecule has 0 amide bonds. The van der Waals surface area contributed by atoms with Crippen LogP contribution in [-0.2, 0) is 0 Å². The van der Waals surface area contributed by atoms with Gasteiger partial charge in [-0.05, 0) is 89.9 Å². The summed E-state index contributed by atoms with van der Waals surface area (Å²) in [6, 6.07) is 10.7. The molecule has 2 heteroatoms. The van der Waals surface area contributed by atoms with Gasteiger partial charge in [0.2, 0.25) is 0 Å². The zero-order valence-corrected chi connectivity index (χ0v) is 15.6. The number of hydrogen-bond donors (Lipinski definition) is 1. The fourth-order valence-corrected chi connectivity index (χ4v) is 4.23. The highest BCUT2D eigenvalue weighted by Gasteiger charge is 2.34. The first-order valence-electron chi connectivity index (χ1n) is 9.37. The molecule has 3 atom stereocenters. The molecular formula is C21H34N2. The van der Waals surface area contributed by atoms with Gasteiger partial charge in [-0.3, -0.25) is 0 Å². The first kappa shape index (κ1) is 17.0. The molecule has 0 radical (unpaired) electrons. The van der Waals surface area contributed by atoms with Crippen molar-refractivity contribution in [1.29, 1.82) is 0 Å². The first-order valence-corrected chi connectivity index (χ1v) is 9.37. The van der Waals surface area contributed by atoms with Gasteiger partial charge in [-0.1, -0.05) is 24.3 Å². The molecule has 0 aliphatic heterocycles. The lowest BCUT2D eigenvalue weighted by Gasteiger charge is -2.43. The van der Waals surface area contributed by atoms with Gasteiger partial charge in [0.15, 0.2) is 0 Å². The molecule has 2 saturated carbocycles. The van der Waals surface area contributed by atoms with Crippen LogP contribution in [0.1, 0.15) is 75.8 Å². The quantitative estimate of drug-likeness (QED) is 0.879. The topological polar surface area (TPSA) is 15.3 Å². The molecule has 128 valence electrons. The zero-order valence-electron chi connectivity index (χ0n) is 15.6. The van der Waals surface area contributed by atoms with Crippen molar-refractivity contribution < 1.29 is 0 Å². The minimum absolute atomic E-state index is 0.192. The summed E-state index contributed by atoms with van der Waals surface area (Å²) in [7, 11) is 4.48. The van der Waals surface area contributed by atoms with Crippen LogP contribution in [0.4, 0.5) is 0 Å². The molecule has 2 nitrogen and oxygen atoms in total. The highest BCUT2D eigenvalue weighted by atomic mass is 15.2. The number of nitrogens with one attached hydrogen (secondary N) is 1. The molecule has 0 heterocycles. The Morgan fingerprint density at radius 1 is 0.957 bits per heavy atom. The van der Waals surface area contributed by atoms with Gasteiger partial charge >= 0.3 is 0 Å². The summed E-state index contributed by atoms with van der Waals surface area (Å²) >= 11 is 0. The van der Waals surface area contributed by atoms with E-state index in [1.165, 1.54) is 32.1 Å². The van der Waals surface area contributed by atoms with Crippen molar-refractivity contribution >= 4 is 0 Å². The second-order valence-electron chi connectivity index (χ2n) is 8.99. The molecule has 2 aliphatic rings. The third kappa shape index (κ3) is 4.36. The number of benzene rings is 1. The van der Waals surface area contributed by atoms with Gasteiger partial charge in [-0.2, -0.15) is 0 Å². The SMILES string of the molecule is CN(C)[C@H]1C[C@@H](c2cccc(C3CC3)c2)CC[C@@H]1NC(C)(C)C. The third-order valence-corrected chi connectivity index (χ3v) is 5.53. The lowest BCUT2D eigenvalue weighted by molar-refractivity contribution is 0.143. The number of hydrogen-bond acceptors (Lipinski definition) is 2. The Labute approximate surface area is 142 Å². The Morgan fingerprint density at radius 3 is 2.13 bits per heavy atom. The monoisotopic (exact) mass is 314 g/mol. The van der Waals surface area contributed by atoms with E-state index in [2.05, 4.69) is 69.3 Å². The Hall–Kier alpha value is -0.860. The zero-order chi connectivity index (χ0) is 16.6. The van der Waals surface area contributed by atoms with Gasteiger partial charge in [-0.15, -0.1) is 0 Å². The van der Waals surface area contributed by atoms with E-state index in [1.807, 2.05) is 0 Å². The summed E-state index contributed by atoms with van der Waals surface area (Å²) < 4.78 is 0. The molecule has 3 rings (SSSR count). The number of nitrogens with zero attached hydrogens (tertiary/aromatic N) is 1. The van der Waals surface area contributed by atoms with Gasteiger partial charge < -0.3 is 10.2 Å². The van der Waals surface area contributed by atoms with E-state index in [4.69, 9.17) is 0 Å². The van der Waals surface area contributed by atoms with E-state index < -0.39 is 0 Å². The average molecular weight is 315 g/mol. The highest BCUT2D eigenvalue weighted by molar-refractivity contribution is 5.31. The van der Waals surface area contributed by atoms with Crippen LogP contribution in [0.5, 0.6) is 0 Å². The van der Waals surface area contributed by atoms with E-state index in [-0.39, 0.29) is 5.54 Å². The summed E-state index contributed by atoms with van der Waals surface area (Å²) in [5, 5.41) is 3.86. The van der Waals surface area contributed by atoms with Crippen LogP contribution in [0.15, 0.2) is 24.3 Å². The van der Waals surface area contributed by atoms with Crippen LogP contribution in [-0.4, -0.2) is 36.6 Å². The van der Waals surface area contributed by atoms with Gasteiger partial charge in [0.1, 0.15) is 0 Å². The normalized spacial score (nSPS) is 29.0. The Kier molecular flexibility index (Phi) is 4.85. The van der Waals surface area contributed by atoms with Gasteiger partial charge in [0, 0.05) is 17.6 Å². The molecule has 1 aromatic carbocycles. The van der Waals surface area contributed by atoms with Crippen LogP contribution < -0.4 is 5.32 Å². The molecule has 0 unspecified atom stereocenters. The molecular weight excluding hydrogens is 280 g/mol. The van der Waals surface area contributed by atoms with Crippen LogP contribution >= 0.6 is 0 Å². The van der Waals surface area contributed by atoms with Crippen LogP contribution in [0.25, 0.3) is 0 Å². The van der Waals surface area contributed by atoms with Crippen molar-refractivity contribution in [3.63, 3.8) is 0 Å². The molecule has 2 fully saturated rings. The van der Waals surface area contributed by atoms with Crippen LogP contribution in [0.2, 0.25) is 0 Å². The van der Waals surface area contributed by atoms with Crippen molar-refractivity contribution in [2.75, 3.05) is 14.1 Å². The largest absolute Gasteiger partial charge is 0.308 e. The predicted octanol–water partition coefficient (Wildman–Crippen LogP) is 4.52. The van der Waals surface area contributed by atoms with Crippen molar-refractivity contribution in [3.8, 4) is 0 Å². The second-order valence-corrected chi connectivity index (χ2v) is 8.99. The standard InChI is InChI=1S/C21H34N2/c1-21(2,3)22-19-12-11-18(14-20(19)23(4)5)17-8-6-7-16(13-17)15-9-10-15/h6-8,13,15,18-20,22H,9-12,14H2,1-5H3/t18-,19-,20-/m0/s1. The summed E-state index contributed by atoms with van der Waals surface area (Å²) in [5.41, 5.74) is 3.35. The Balaban J connectivity index is 1.72. The number of rotatable bonds is 4. The van der Waals surface area contributed by atoms with E-state index in [0.29, 0.717) is 12.1 Å². The number of likely N-dealkylation sites (N-methyl/N-ethyl adjacent to an activating group) is 1. The van der Waals surface area contributed by atoms with Gasteiger partial charge in [0.25, 0.3) is 0 Å². The van der Waals surface area contributed by atoms with Crippen molar-refractivity contribution in [2.45, 2.75) is 82.3 Å². The Bertz CT molecular complexity index is 525. The molecule has 1 N–H and O–H groups in total. The molecule has 2 aliphatic carbocycles. The predicted molar refractivity (Wildman–Crippen MR) is 99.2 cm³/mol. The average Bonchev–Trinajstić information content (AvgIpc) is 3.30. The molecule has 23 heavy (non-hydrogen) atoms. The van der Waals surface area contributed by atoms with E-state index in [1.54, 1.807) is 11.1 Å². The van der Waals surface area contributed by atoms with E-state index in [0.717, 1.165) is 11.8 Å². The van der Waals surface area contributed by atoms with E-state index in [9.17, 15) is 0 Å². The highest BCUT2D eigenvalue weighted by Crippen LogP contribution is 2.42. The first-order chi connectivity index (χ1) is 10.8. The fraction of sp³-hybridized carbons (Fsp3) is 0.714. The maximum Gasteiger partial charge on any atom is 0.0249 e. The lowest BCUT2D eigenvalue weighted by Crippen LogP contribution is -2.55. The minimum Gasteiger partial charge on any atom is -0.308 e. The van der Waals surface area contributed by atoms with Gasteiger partial charge in [-0.25, -0.2) is 0 Å². The molecule has 0 spiro atoms. The minimum atomic E-state index is 0.192. The molecule has 0 bridgehead atoms. The van der Waals surface area contributed by atoms with Crippen LogP contribution in [0.3, 0.4) is 0 Å². The van der Waals surface area contributed by atoms with E-state index >= 15 is 0 Å². The maximum absolute atomic E-state index is 3.86. The molecule has 1 aromatic rings. The molecule has 0 aromatic heterocycles. The third-order valence-electron chi connectivity index (χ3n) is 5.53. The van der Waals surface area contributed by atoms with Crippen molar-refractivity contribution in [3.05, 3.63) is 35.4 Å². The van der Waals surface area contributed by atoms with Crippen molar-refractivity contribution in [1.82, 2.24) is 10.2 Å².